The minimum Gasteiger partial charge on any atom is -0.481 e. The highest BCUT2D eigenvalue weighted by atomic mass is 32.2. The molecular formula is C15H20N2O3S. The number of hydrogen-bond acceptors (Lipinski definition) is 4. The normalized spacial score (nSPS) is 12.7. The lowest BCUT2D eigenvalue weighted by atomic mass is 10.2. The number of nitrogens with zero attached hydrogens (tertiary/aromatic N) is 2. The summed E-state index contributed by atoms with van der Waals surface area (Å²) in [5.74, 6) is -0.821. The van der Waals surface area contributed by atoms with Gasteiger partial charge in [-0.05, 0) is 38.0 Å². The van der Waals surface area contributed by atoms with Crippen LogP contribution in [0.15, 0.2) is 23.4 Å². The van der Waals surface area contributed by atoms with Crippen molar-refractivity contribution >= 4 is 28.8 Å². The van der Waals surface area contributed by atoms with Crippen LogP contribution < -0.4 is 0 Å². The number of imidazole rings is 1. The molecule has 6 heteroatoms. The average molecular weight is 308 g/mol. The fourth-order valence-electron chi connectivity index (χ4n) is 2.26. The van der Waals surface area contributed by atoms with Gasteiger partial charge in [-0.15, -0.1) is 0 Å². The third kappa shape index (κ3) is 3.77. The number of fused-ring (bicyclic) bond motifs is 1. The molecule has 0 saturated carbocycles. The van der Waals surface area contributed by atoms with Gasteiger partial charge in [0.05, 0.1) is 16.8 Å². The van der Waals surface area contributed by atoms with E-state index in [9.17, 15) is 4.79 Å². The number of benzene rings is 1. The molecule has 0 saturated heterocycles. The molecule has 114 valence electrons. The molecule has 1 aromatic carbocycles. The van der Waals surface area contributed by atoms with E-state index in [4.69, 9.17) is 9.84 Å². The highest BCUT2D eigenvalue weighted by molar-refractivity contribution is 7.99. The molecule has 0 radical (unpaired) electrons. The highest BCUT2D eigenvalue weighted by Gasteiger charge is 2.17. The van der Waals surface area contributed by atoms with Crippen molar-refractivity contribution in [2.45, 2.75) is 31.5 Å². The third-order valence-corrected chi connectivity index (χ3v) is 4.26. The van der Waals surface area contributed by atoms with E-state index in [-0.39, 0.29) is 11.8 Å². The van der Waals surface area contributed by atoms with Gasteiger partial charge in [0.2, 0.25) is 0 Å². The molecule has 1 N–H and O–H groups in total. The number of aryl methyl sites for hydroxylation is 1. The van der Waals surface area contributed by atoms with E-state index < -0.39 is 5.97 Å². The maximum Gasteiger partial charge on any atom is 0.313 e. The number of carboxylic acid groups (broad SMARTS) is 1. The number of hydrogen-bond donors (Lipinski definition) is 1. The monoisotopic (exact) mass is 308 g/mol. The van der Waals surface area contributed by atoms with Crippen LogP contribution in [0.4, 0.5) is 0 Å². The van der Waals surface area contributed by atoms with Crippen LogP contribution in [0.25, 0.3) is 11.0 Å². The molecule has 0 spiro atoms. The molecular weight excluding hydrogens is 288 g/mol. The molecule has 0 amide bonds. The van der Waals surface area contributed by atoms with Gasteiger partial charge in [-0.25, -0.2) is 4.98 Å². The van der Waals surface area contributed by atoms with Crippen molar-refractivity contribution in [3.05, 3.63) is 23.8 Å². The summed E-state index contributed by atoms with van der Waals surface area (Å²) in [6.45, 7) is 4.79. The molecule has 0 aliphatic heterocycles. The third-order valence-electron chi connectivity index (χ3n) is 3.32. The summed E-state index contributed by atoms with van der Waals surface area (Å²) in [6.07, 6.45) is 0.858. The molecule has 0 aliphatic rings. The SMILES string of the molecule is COCCC(C)n1c(SCC(=O)O)nc2cc(C)ccc21. The number of carboxylic acids is 1. The first-order valence-electron chi connectivity index (χ1n) is 6.85. The van der Waals surface area contributed by atoms with Crippen LogP contribution in [0.3, 0.4) is 0 Å². The van der Waals surface area contributed by atoms with Gasteiger partial charge in [0.1, 0.15) is 0 Å². The summed E-state index contributed by atoms with van der Waals surface area (Å²) in [6, 6.07) is 6.33. The smallest absolute Gasteiger partial charge is 0.313 e. The van der Waals surface area contributed by atoms with Crippen molar-refractivity contribution in [2.75, 3.05) is 19.5 Å². The Bertz CT molecular complexity index is 639. The van der Waals surface area contributed by atoms with Crippen molar-refractivity contribution in [1.82, 2.24) is 9.55 Å². The number of thioether (sulfide) groups is 1. The number of aliphatic carboxylic acids is 1. The van der Waals surface area contributed by atoms with Crippen molar-refractivity contribution in [3.8, 4) is 0 Å². The van der Waals surface area contributed by atoms with E-state index in [2.05, 4.69) is 22.5 Å². The van der Waals surface area contributed by atoms with Gasteiger partial charge in [0.15, 0.2) is 5.16 Å². The van der Waals surface area contributed by atoms with Crippen molar-refractivity contribution in [2.24, 2.45) is 0 Å². The van der Waals surface area contributed by atoms with Crippen LogP contribution in [-0.2, 0) is 9.53 Å². The summed E-state index contributed by atoms with van der Waals surface area (Å²) >= 11 is 1.26. The summed E-state index contributed by atoms with van der Waals surface area (Å²) in [5, 5.41) is 9.64. The van der Waals surface area contributed by atoms with E-state index in [0.717, 1.165) is 28.2 Å². The molecule has 2 aromatic rings. The van der Waals surface area contributed by atoms with Crippen LogP contribution in [0, 0.1) is 6.92 Å². The number of aromatic nitrogens is 2. The van der Waals surface area contributed by atoms with Gasteiger partial charge in [-0.1, -0.05) is 17.8 Å². The van der Waals surface area contributed by atoms with E-state index in [0.29, 0.717) is 6.61 Å². The first kappa shape index (κ1) is 15.9. The van der Waals surface area contributed by atoms with Gasteiger partial charge in [-0.3, -0.25) is 4.79 Å². The molecule has 0 bridgehead atoms. The van der Waals surface area contributed by atoms with Gasteiger partial charge in [0.25, 0.3) is 0 Å². The van der Waals surface area contributed by atoms with Crippen LogP contribution in [-0.4, -0.2) is 40.1 Å². The molecule has 21 heavy (non-hydrogen) atoms. The zero-order chi connectivity index (χ0) is 15.4. The second kappa shape index (κ2) is 6.95. The lowest BCUT2D eigenvalue weighted by Crippen LogP contribution is -2.10. The van der Waals surface area contributed by atoms with Gasteiger partial charge in [0, 0.05) is 19.8 Å². The predicted octanol–water partition coefficient (Wildman–Crippen LogP) is 3.12. The summed E-state index contributed by atoms with van der Waals surface area (Å²) in [4.78, 5) is 15.4. The number of rotatable bonds is 7. The van der Waals surface area contributed by atoms with Crippen LogP contribution in [0.2, 0.25) is 0 Å². The zero-order valence-corrected chi connectivity index (χ0v) is 13.3. The Hall–Kier alpha value is -1.53. The Balaban J connectivity index is 2.41. The fraction of sp³-hybridized carbons (Fsp3) is 0.467. The summed E-state index contributed by atoms with van der Waals surface area (Å²) in [7, 11) is 1.68. The second-order valence-corrected chi connectivity index (χ2v) is 6.01. The molecule has 1 aromatic heterocycles. The molecule has 0 aliphatic carbocycles. The minimum absolute atomic E-state index is 0.0132. The Morgan fingerprint density at radius 1 is 1.52 bits per heavy atom. The first-order chi connectivity index (χ1) is 10.0. The molecule has 1 heterocycles. The van der Waals surface area contributed by atoms with Crippen LogP contribution >= 0.6 is 11.8 Å². The van der Waals surface area contributed by atoms with Crippen LogP contribution in [0.1, 0.15) is 24.9 Å². The molecule has 1 atom stereocenters. The van der Waals surface area contributed by atoms with Gasteiger partial charge < -0.3 is 14.4 Å². The maximum absolute atomic E-state index is 10.8. The zero-order valence-electron chi connectivity index (χ0n) is 12.5. The van der Waals surface area contributed by atoms with E-state index in [1.807, 2.05) is 19.1 Å². The van der Waals surface area contributed by atoms with Crippen molar-refractivity contribution in [1.29, 1.82) is 0 Å². The lowest BCUT2D eigenvalue weighted by Gasteiger charge is -2.16. The molecule has 5 nitrogen and oxygen atoms in total. The van der Waals surface area contributed by atoms with Crippen LogP contribution in [0.5, 0.6) is 0 Å². The van der Waals surface area contributed by atoms with Gasteiger partial charge in [-0.2, -0.15) is 0 Å². The maximum atomic E-state index is 10.8. The van der Waals surface area contributed by atoms with E-state index >= 15 is 0 Å². The first-order valence-corrected chi connectivity index (χ1v) is 7.83. The molecule has 0 fully saturated rings. The summed E-state index contributed by atoms with van der Waals surface area (Å²) in [5.41, 5.74) is 3.09. The Morgan fingerprint density at radius 2 is 2.29 bits per heavy atom. The Kier molecular flexibility index (Phi) is 5.25. The summed E-state index contributed by atoms with van der Waals surface area (Å²) < 4.78 is 7.26. The van der Waals surface area contributed by atoms with E-state index in [1.165, 1.54) is 11.8 Å². The van der Waals surface area contributed by atoms with E-state index in [1.54, 1.807) is 7.11 Å². The number of ether oxygens (including phenoxy) is 1. The standard InChI is InChI=1S/C15H20N2O3S/c1-10-4-5-13-12(8-10)16-15(21-9-14(18)19)17(13)11(2)6-7-20-3/h4-5,8,11H,6-7,9H2,1-3H3,(H,18,19). The Labute approximate surface area is 128 Å². The van der Waals surface area contributed by atoms with Crippen molar-refractivity contribution in [3.63, 3.8) is 0 Å². The highest BCUT2D eigenvalue weighted by Crippen LogP contribution is 2.29. The topological polar surface area (TPSA) is 64.3 Å². The largest absolute Gasteiger partial charge is 0.481 e. The second-order valence-electron chi connectivity index (χ2n) is 5.07. The fourth-order valence-corrected chi connectivity index (χ4v) is 3.09. The average Bonchev–Trinajstić information content (AvgIpc) is 2.79. The lowest BCUT2D eigenvalue weighted by molar-refractivity contribution is -0.133. The van der Waals surface area contributed by atoms with Crippen molar-refractivity contribution < 1.29 is 14.6 Å². The molecule has 1 unspecified atom stereocenters. The number of carbonyl (C=O) groups is 1. The minimum atomic E-state index is -0.834. The predicted molar refractivity (Wildman–Crippen MR) is 84.0 cm³/mol. The Morgan fingerprint density at radius 3 is 2.95 bits per heavy atom. The van der Waals surface area contributed by atoms with Gasteiger partial charge >= 0.3 is 5.97 Å². The quantitative estimate of drug-likeness (QED) is 0.796. The number of methoxy groups -OCH3 is 1. The molecule has 2 rings (SSSR count).